The van der Waals surface area contributed by atoms with Crippen molar-refractivity contribution in [3.63, 3.8) is 0 Å². The Morgan fingerprint density at radius 1 is 1.13 bits per heavy atom. The highest BCUT2D eigenvalue weighted by molar-refractivity contribution is 8.00. The zero-order valence-electron chi connectivity index (χ0n) is 18.3. The first-order valence-electron chi connectivity index (χ1n) is 11.0. The number of nitrogens with two attached hydrogens (primary N) is 1. The summed E-state index contributed by atoms with van der Waals surface area (Å²) in [6, 6.07) is 15.5. The van der Waals surface area contributed by atoms with Crippen molar-refractivity contribution in [1.29, 1.82) is 0 Å². The lowest BCUT2D eigenvalue weighted by Crippen LogP contribution is -2.38. The van der Waals surface area contributed by atoms with Crippen LogP contribution >= 0.6 is 11.8 Å². The van der Waals surface area contributed by atoms with Gasteiger partial charge in [-0.25, -0.2) is 0 Å². The van der Waals surface area contributed by atoms with Crippen molar-refractivity contribution in [3.05, 3.63) is 59.7 Å². The normalized spacial score (nSPS) is 16.6. The number of hydrogen-bond acceptors (Lipinski definition) is 5. The van der Waals surface area contributed by atoms with E-state index >= 15 is 0 Å². The number of benzene rings is 2. The van der Waals surface area contributed by atoms with Gasteiger partial charge in [-0.1, -0.05) is 55.8 Å². The van der Waals surface area contributed by atoms with Gasteiger partial charge in [0.2, 0.25) is 5.91 Å². The van der Waals surface area contributed by atoms with Crippen molar-refractivity contribution >= 4 is 29.2 Å². The topological polar surface area (TPSA) is 82.2 Å². The average Bonchev–Trinajstić information content (AvgIpc) is 2.81. The number of carbonyl (C=O) groups is 1. The van der Waals surface area contributed by atoms with Crippen LogP contribution in [0.4, 0.5) is 5.69 Å². The van der Waals surface area contributed by atoms with Crippen LogP contribution in [0.1, 0.15) is 49.5 Å². The third-order valence-electron chi connectivity index (χ3n) is 5.73. The fourth-order valence-corrected chi connectivity index (χ4v) is 5.12. The summed E-state index contributed by atoms with van der Waals surface area (Å²) in [4.78, 5) is 19.0. The van der Waals surface area contributed by atoms with Crippen molar-refractivity contribution in [2.45, 2.75) is 43.3 Å². The Kier molecular flexibility index (Phi) is 8.37. The number of carbonyl (C=O) groups excluding carboxylic acids is 1. The molecule has 0 spiro atoms. The lowest BCUT2D eigenvalue weighted by Gasteiger charge is -2.34. The number of amidine groups is 1. The molecule has 1 amide bonds. The monoisotopic (exact) mass is 440 g/mol. The smallest absolute Gasteiger partial charge is 0.245 e. The van der Waals surface area contributed by atoms with Crippen LogP contribution in [0.15, 0.2) is 58.6 Å². The van der Waals surface area contributed by atoms with E-state index in [1.54, 1.807) is 17.8 Å². The molecular formula is C24H32N4O2S. The van der Waals surface area contributed by atoms with Gasteiger partial charge < -0.3 is 20.7 Å². The van der Waals surface area contributed by atoms with Crippen LogP contribution in [0, 0.1) is 0 Å². The van der Waals surface area contributed by atoms with Crippen LogP contribution in [0.5, 0.6) is 0 Å². The highest BCUT2D eigenvalue weighted by Crippen LogP contribution is 2.46. The van der Waals surface area contributed by atoms with Gasteiger partial charge in [0, 0.05) is 17.0 Å². The van der Waals surface area contributed by atoms with Crippen molar-refractivity contribution in [1.82, 2.24) is 4.90 Å². The van der Waals surface area contributed by atoms with Crippen LogP contribution in [0.25, 0.3) is 0 Å². The molecule has 3 N–H and O–H groups in total. The number of amides is 1. The highest BCUT2D eigenvalue weighted by Gasteiger charge is 2.34. The third kappa shape index (κ3) is 5.60. The summed E-state index contributed by atoms with van der Waals surface area (Å²) in [6.07, 6.45) is 3.22. The molecule has 0 saturated heterocycles. The van der Waals surface area contributed by atoms with Gasteiger partial charge in [-0.15, -0.1) is 11.8 Å². The van der Waals surface area contributed by atoms with E-state index < -0.39 is 0 Å². The SMILES string of the molecule is CCN(CC)CCCCCN1C(=O)C(c2cccc(/C(N)=N/O)c2)Sc2ccccc21. The maximum Gasteiger partial charge on any atom is 0.245 e. The van der Waals surface area contributed by atoms with Crippen molar-refractivity contribution < 1.29 is 10.0 Å². The van der Waals surface area contributed by atoms with Crippen LogP contribution in [0.3, 0.4) is 0 Å². The number of rotatable bonds is 10. The van der Waals surface area contributed by atoms with Gasteiger partial charge in [-0.3, -0.25) is 4.79 Å². The summed E-state index contributed by atoms with van der Waals surface area (Å²) in [5.74, 6) is 0.129. The van der Waals surface area contributed by atoms with E-state index in [0.29, 0.717) is 12.1 Å². The maximum atomic E-state index is 13.5. The van der Waals surface area contributed by atoms with Gasteiger partial charge in [-0.2, -0.15) is 0 Å². The maximum absolute atomic E-state index is 13.5. The Morgan fingerprint density at radius 3 is 2.65 bits per heavy atom. The minimum atomic E-state index is -0.350. The number of unbranched alkanes of at least 4 members (excludes halogenated alkanes) is 2. The summed E-state index contributed by atoms with van der Waals surface area (Å²) < 4.78 is 0. The molecule has 31 heavy (non-hydrogen) atoms. The van der Waals surface area contributed by atoms with Gasteiger partial charge in [-0.05, 0) is 56.2 Å². The molecule has 1 atom stereocenters. The number of nitrogens with zero attached hydrogens (tertiary/aromatic N) is 3. The predicted octanol–water partition coefficient (Wildman–Crippen LogP) is 4.47. The van der Waals surface area contributed by atoms with E-state index in [0.717, 1.165) is 55.0 Å². The molecule has 0 bridgehead atoms. The van der Waals surface area contributed by atoms with Crippen molar-refractivity contribution in [2.24, 2.45) is 10.9 Å². The molecule has 0 saturated carbocycles. The first-order valence-corrected chi connectivity index (χ1v) is 11.8. The minimum absolute atomic E-state index is 0.0422. The minimum Gasteiger partial charge on any atom is -0.409 e. The van der Waals surface area contributed by atoms with E-state index in [-0.39, 0.29) is 17.0 Å². The Balaban J connectivity index is 1.75. The first kappa shape index (κ1) is 23.2. The molecule has 0 aromatic heterocycles. The molecule has 3 rings (SSSR count). The fraction of sp³-hybridized carbons (Fsp3) is 0.417. The fourth-order valence-electron chi connectivity index (χ4n) is 3.90. The molecule has 0 radical (unpaired) electrons. The van der Waals surface area contributed by atoms with E-state index in [1.165, 1.54) is 0 Å². The van der Waals surface area contributed by atoms with Crippen molar-refractivity contribution in [3.8, 4) is 0 Å². The molecule has 0 aliphatic carbocycles. The summed E-state index contributed by atoms with van der Waals surface area (Å²) in [6.45, 7) is 8.37. The standard InChI is InChI=1S/C24H32N4O2S/c1-3-27(4-2)15-8-5-9-16-28-20-13-6-7-14-21(20)31-22(24(28)29)18-11-10-12-19(17-18)23(25)26-30/h6-7,10-14,17,22,30H,3-5,8-9,15-16H2,1-2H3,(H2,25,26). The lowest BCUT2D eigenvalue weighted by molar-refractivity contribution is -0.118. The Hall–Kier alpha value is -2.51. The highest BCUT2D eigenvalue weighted by atomic mass is 32.2. The zero-order chi connectivity index (χ0) is 22.2. The molecule has 1 aliphatic rings. The molecule has 6 nitrogen and oxygen atoms in total. The molecule has 2 aromatic rings. The molecule has 2 aromatic carbocycles. The lowest BCUT2D eigenvalue weighted by atomic mass is 10.1. The number of anilines is 1. The summed E-state index contributed by atoms with van der Waals surface area (Å²) >= 11 is 1.56. The number of thioether (sulfide) groups is 1. The molecule has 0 fully saturated rings. The quantitative estimate of drug-likeness (QED) is 0.187. The number of oxime groups is 1. The largest absolute Gasteiger partial charge is 0.409 e. The molecule has 166 valence electrons. The first-order chi connectivity index (χ1) is 15.1. The molecule has 1 unspecified atom stereocenters. The number of fused-ring (bicyclic) bond motifs is 1. The van der Waals surface area contributed by atoms with Gasteiger partial charge in [0.15, 0.2) is 5.84 Å². The average molecular weight is 441 g/mol. The summed E-state index contributed by atoms with van der Waals surface area (Å²) in [5, 5.41) is 11.7. The van der Waals surface area contributed by atoms with Gasteiger partial charge in [0.1, 0.15) is 5.25 Å². The number of hydrogen-bond donors (Lipinski definition) is 2. The molecule has 7 heteroatoms. The van der Waals surface area contributed by atoms with Gasteiger partial charge in [0.05, 0.1) is 5.69 Å². The second-order valence-electron chi connectivity index (χ2n) is 7.65. The van der Waals surface area contributed by atoms with E-state index in [1.807, 2.05) is 41.3 Å². The van der Waals surface area contributed by atoms with Crippen LogP contribution < -0.4 is 10.6 Å². The predicted molar refractivity (Wildman–Crippen MR) is 128 cm³/mol. The zero-order valence-corrected chi connectivity index (χ0v) is 19.1. The van der Waals surface area contributed by atoms with E-state index in [2.05, 4.69) is 30.0 Å². The molecule has 1 heterocycles. The van der Waals surface area contributed by atoms with Crippen LogP contribution in [-0.4, -0.2) is 48.0 Å². The van der Waals surface area contributed by atoms with Crippen LogP contribution in [-0.2, 0) is 4.79 Å². The third-order valence-corrected chi connectivity index (χ3v) is 7.04. The van der Waals surface area contributed by atoms with E-state index in [4.69, 9.17) is 10.9 Å². The Labute approximate surface area is 189 Å². The molecule has 1 aliphatic heterocycles. The van der Waals surface area contributed by atoms with Gasteiger partial charge in [0.25, 0.3) is 0 Å². The second kappa shape index (κ2) is 11.2. The Bertz CT molecular complexity index is 914. The van der Waals surface area contributed by atoms with Crippen LogP contribution in [0.2, 0.25) is 0 Å². The summed E-state index contributed by atoms with van der Waals surface area (Å²) in [5.41, 5.74) is 8.22. The molecular weight excluding hydrogens is 408 g/mol. The van der Waals surface area contributed by atoms with Gasteiger partial charge >= 0.3 is 0 Å². The number of para-hydroxylation sites is 1. The van der Waals surface area contributed by atoms with Crippen molar-refractivity contribution in [2.75, 3.05) is 31.1 Å². The summed E-state index contributed by atoms with van der Waals surface area (Å²) in [7, 11) is 0. The second-order valence-corrected chi connectivity index (χ2v) is 8.80. The van der Waals surface area contributed by atoms with E-state index in [9.17, 15) is 4.79 Å². The Morgan fingerprint density at radius 2 is 1.90 bits per heavy atom.